The molecule has 2 atom stereocenters. The van der Waals surface area contributed by atoms with E-state index in [1.807, 2.05) is 0 Å². The van der Waals surface area contributed by atoms with E-state index in [1.54, 1.807) is 6.92 Å². The second-order valence-corrected chi connectivity index (χ2v) is 8.89. The van der Waals surface area contributed by atoms with Crippen LogP contribution in [0.4, 0.5) is 4.39 Å². The Hall–Kier alpha value is -0.990. The summed E-state index contributed by atoms with van der Waals surface area (Å²) in [6, 6.07) is 1.83. The van der Waals surface area contributed by atoms with Crippen LogP contribution in [-0.2, 0) is 19.9 Å². The molecule has 0 aliphatic heterocycles. The molecule has 9 heteroatoms. The monoisotopic (exact) mass is 355 g/mol. The van der Waals surface area contributed by atoms with Crippen LogP contribution < -0.4 is 5.32 Å². The predicted octanol–water partition coefficient (Wildman–Crippen LogP) is 1.56. The Kier molecular flexibility index (Phi) is 5.89. The van der Waals surface area contributed by atoms with Crippen molar-refractivity contribution in [3.05, 3.63) is 29.1 Å². The van der Waals surface area contributed by atoms with Gasteiger partial charge in [0.25, 0.3) is 15.0 Å². The minimum Gasteiger partial charge on any atom is -0.351 e. The van der Waals surface area contributed by atoms with Crippen LogP contribution in [0.25, 0.3) is 0 Å². The highest BCUT2D eigenvalue weighted by molar-refractivity contribution is 8.13. The topological polar surface area (TPSA) is 80.3 Å². The van der Waals surface area contributed by atoms with E-state index in [9.17, 15) is 21.8 Å². The van der Waals surface area contributed by atoms with Gasteiger partial charge in [-0.2, -0.15) is 0 Å². The predicted molar refractivity (Wildman–Crippen MR) is 80.0 cm³/mol. The summed E-state index contributed by atoms with van der Waals surface area (Å²) < 4.78 is 47.7. The second kappa shape index (κ2) is 6.85. The van der Waals surface area contributed by atoms with Crippen LogP contribution in [0.3, 0.4) is 0 Å². The maximum atomic E-state index is 13.8. The van der Waals surface area contributed by atoms with Crippen molar-refractivity contribution in [2.24, 2.45) is 0 Å². The van der Waals surface area contributed by atoms with E-state index in [-0.39, 0.29) is 22.3 Å². The summed E-state index contributed by atoms with van der Waals surface area (Å²) in [4.78, 5) is 11.6. The van der Waals surface area contributed by atoms with Gasteiger partial charge in [-0.3, -0.25) is 9.00 Å². The van der Waals surface area contributed by atoms with Crippen LogP contribution in [0, 0.1) is 12.7 Å². The number of rotatable bonds is 5. The number of benzene rings is 1. The van der Waals surface area contributed by atoms with Gasteiger partial charge >= 0.3 is 0 Å². The van der Waals surface area contributed by atoms with E-state index >= 15 is 0 Å². The maximum absolute atomic E-state index is 13.8. The molecule has 1 aromatic rings. The highest BCUT2D eigenvalue weighted by Gasteiger charge is 2.21. The first-order valence-electron chi connectivity index (χ1n) is 5.89. The van der Waals surface area contributed by atoms with Gasteiger partial charge in [0.15, 0.2) is 0 Å². The summed E-state index contributed by atoms with van der Waals surface area (Å²) in [6.07, 6.45) is 1.49. The average molecular weight is 356 g/mol. The molecule has 0 aromatic heterocycles. The standard InChI is InChI=1S/C12H15ClFNO4S2/c1-7-4-10(14)9(5-11(7)21(13,18)19)12(16)15-6-8(2)20(3)17/h4-5,8H,6H2,1-3H3,(H,15,16). The number of hydrogen-bond donors (Lipinski definition) is 1. The number of carbonyl (C=O) groups is 1. The van der Waals surface area contributed by atoms with Gasteiger partial charge in [0, 0.05) is 39.5 Å². The van der Waals surface area contributed by atoms with Crippen molar-refractivity contribution < 1.29 is 21.8 Å². The molecule has 0 fully saturated rings. The molecule has 0 saturated carbocycles. The van der Waals surface area contributed by atoms with Crippen molar-refractivity contribution in [1.29, 1.82) is 0 Å². The van der Waals surface area contributed by atoms with E-state index in [4.69, 9.17) is 10.7 Å². The lowest BCUT2D eigenvalue weighted by Crippen LogP contribution is -2.33. The molecule has 2 unspecified atom stereocenters. The Morgan fingerprint density at radius 1 is 1.48 bits per heavy atom. The van der Waals surface area contributed by atoms with Crippen LogP contribution in [0.1, 0.15) is 22.8 Å². The molecule has 0 bridgehead atoms. The van der Waals surface area contributed by atoms with E-state index in [0.717, 1.165) is 12.1 Å². The third-order valence-electron chi connectivity index (χ3n) is 2.89. The van der Waals surface area contributed by atoms with Crippen LogP contribution in [0.5, 0.6) is 0 Å². The molecule has 1 rings (SSSR count). The van der Waals surface area contributed by atoms with E-state index in [2.05, 4.69) is 5.32 Å². The largest absolute Gasteiger partial charge is 0.351 e. The first kappa shape index (κ1) is 18.1. The minimum atomic E-state index is -4.07. The van der Waals surface area contributed by atoms with Crippen LogP contribution in [0.2, 0.25) is 0 Å². The first-order valence-corrected chi connectivity index (χ1v) is 9.82. The molecular formula is C12H15ClFNO4S2. The summed E-state index contributed by atoms with van der Waals surface area (Å²) in [5.74, 6) is -1.63. The van der Waals surface area contributed by atoms with Crippen LogP contribution in [0.15, 0.2) is 17.0 Å². The molecule has 1 aromatic carbocycles. The molecule has 118 valence electrons. The zero-order valence-corrected chi connectivity index (χ0v) is 14.0. The normalized spacial score (nSPS) is 14.5. The highest BCUT2D eigenvalue weighted by Crippen LogP contribution is 2.23. The number of nitrogens with one attached hydrogen (secondary N) is 1. The molecular weight excluding hydrogens is 341 g/mol. The number of carbonyl (C=O) groups excluding carboxylic acids is 1. The van der Waals surface area contributed by atoms with E-state index in [0.29, 0.717) is 0 Å². The SMILES string of the molecule is Cc1cc(F)c(C(=O)NCC(C)S(C)=O)cc1S(=O)(=O)Cl. The summed E-state index contributed by atoms with van der Waals surface area (Å²) >= 11 is 0. The molecule has 0 aliphatic carbocycles. The van der Waals surface area contributed by atoms with Gasteiger partial charge in [0.05, 0.1) is 10.5 Å². The maximum Gasteiger partial charge on any atom is 0.261 e. The lowest BCUT2D eigenvalue weighted by Gasteiger charge is -2.12. The molecule has 5 nitrogen and oxygen atoms in total. The van der Waals surface area contributed by atoms with Gasteiger partial charge in [0.1, 0.15) is 5.82 Å². The Labute approximate surface area is 129 Å². The molecule has 0 saturated heterocycles. The number of halogens is 2. The summed E-state index contributed by atoms with van der Waals surface area (Å²) in [5.41, 5.74) is -0.309. The quantitative estimate of drug-likeness (QED) is 0.813. The van der Waals surface area contributed by atoms with Crippen molar-refractivity contribution >= 4 is 36.4 Å². The lowest BCUT2D eigenvalue weighted by atomic mass is 10.1. The molecule has 0 spiro atoms. The van der Waals surface area contributed by atoms with Gasteiger partial charge in [-0.05, 0) is 31.5 Å². The van der Waals surface area contributed by atoms with Crippen molar-refractivity contribution in [2.75, 3.05) is 12.8 Å². The fourth-order valence-electron chi connectivity index (χ4n) is 1.54. The number of amides is 1. The summed E-state index contributed by atoms with van der Waals surface area (Å²) in [7, 11) is 0.0296. The van der Waals surface area contributed by atoms with Crippen molar-refractivity contribution in [2.45, 2.75) is 24.0 Å². The van der Waals surface area contributed by atoms with Crippen molar-refractivity contribution in [3.63, 3.8) is 0 Å². The first-order chi connectivity index (χ1) is 9.54. The fourth-order valence-corrected chi connectivity index (χ4v) is 3.06. The zero-order chi connectivity index (χ0) is 16.4. The smallest absolute Gasteiger partial charge is 0.261 e. The molecule has 0 aliphatic rings. The molecule has 1 amide bonds. The Morgan fingerprint density at radius 3 is 2.52 bits per heavy atom. The van der Waals surface area contributed by atoms with Crippen LogP contribution >= 0.6 is 10.7 Å². The minimum absolute atomic E-state index is 0.0816. The van der Waals surface area contributed by atoms with Crippen molar-refractivity contribution in [3.8, 4) is 0 Å². The Bertz CT molecular complexity index is 691. The average Bonchev–Trinajstić information content (AvgIpc) is 2.33. The van der Waals surface area contributed by atoms with Gasteiger partial charge < -0.3 is 5.32 Å². The third kappa shape index (κ3) is 4.76. The zero-order valence-electron chi connectivity index (χ0n) is 11.6. The van der Waals surface area contributed by atoms with E-state index in [1.165, 1.54) is 13.2 Å². The lowest BCUT2D eigenvalue weighted by molar-refractivity contribution is 0.0950. The molecule has 1 N–H and O–H groups in total. The van der Waals surface area contributed by atoms with Crippen molar-refractivity contribution in [1.82, 2.24) is 5.32 Å². The van der Waals surface area contributed by atoms with Gasteiger partial charge in [0.2, 0.25) is 0 Å². The highest BCUT2D eigenvalue weighted by atomic mass is 35.7. The fraction of sp³-hybridized carbons (Fsp3) is 0.417. The molecule has 0 heterocycles. The number of hydrogen-bond acceptors (Lipinski definition) is 4. The summed E-state index contributed by atoms with van der Waals surface area (Å²) in [6.45, 7) is 3.12. The molecule has 21 heavy (non-hydrogen) atoms. The van der Waals surface area contributed by atoms with Gasteiger partial charge in [-0.1, -0.05) is 0 Å². The number of aryl methyl sites for hydroxylation is 1. The Morgan fingerprint density at radius 2 is 2.05 bits per heavy atom. The van der Waals surface area contributed by atoms with Gasteiger partial charge in [-0.25, -0.2) is 12.8 Å². The van der Waals surface area contributed by atoms with Gasteiger partial charge in [-0.15, -0.1) is 0 Å². The summed E-state index contributed by atoms with van der Waals surface area (Å²) in [5, 5.41) is 2.10. The molecule has 0 radical (unpaired) electrons. The third-order valence-corrected chi connectivity index (χ3v) is 5.65. The van der Waals surface area contributed by atoms with Crippen LogP contribution in [-0.4, -0.2) is 36.6 Å². The Balaban J connectivity index is 3.08. The van der Waals surface area contributed by atoms with E-state index < -0.39 is 37.1 Å². The second-order valence-electron chi connectivity index (χ2n) is 4.55.